The fraction of sp³-hybridized carbons (Fsp3) is 0.250. The predicted molar refractivity (Wildman–Crippen MR) is 64.1 cm³/mol. The Morgan fingerprint density at radius 1 is 1.53 bits per heavy atom. The monoisotopic (exact) mass is 268 g/mol. The number of hydrogen-bond acceptors (Lipinski definition) is 2. The Bertz CT molecular complexity index is 372. The van der Waals surface area contributed by atoms with Gasteiger partial charge in [-0.3, -0.25) is 4.79 Å². The first kappa shape index (κ1) is 12.0. The van der Waals surface area contributed by atoms with E-state index in [1.54, 1.807) is 6.07 Å². The molecule has 0 aliphatic carbocycles. The Balaban J connectivity index is 2.65. The van der Waals surface area contributed by atoms with Gasteiger partial charge in [0.1, 0.15) is 5.75 Å². The molecule has 0 radical (unpaired) electrons. The van der Waals surface area contributed by atoms with Crippen LogP contribution in [0.5, 0.6) is 5.75 Å². The van der Waals surface area contributed by atoms with Crippen molar-refractivity contribution in [2.24, 2.45) is 0 Å². The first-order valence-electron chi connectivity index (χ1n) is 4.68. The maximum Gasteiger partial charge on any atom is 0.308 e. The summed E-state index contributed by atoms with van der Waals surface area (Å²) in [5.41, 5.74) is 1.13. The Morgan fingerprint density at radius 2 is 2.27 bits per heavy atom. The minimum atomic E-state index is -0.294. The molecule has 0 aromatic heterocycles. The van der Waals surface area contributed by atoms with Crippen molar-refractivity contribution in [1.82, 2.24) is 0 Å². The third-order valence-corrected chi connectivity index (χ3v) is 2.24. The van der Waals surface area contributed by atoms with Gasteiger partial charge in [0.05, 0.1) is 0 Å². The number of carbonyl (C=O) groups is 1. The average molecular weight is 269 g/mol. The molecule has 0 fully saturated rings. The minimum Gasteiger partial charge on any atom is -0.427 e. The van der Waals surface area contributed by atoms with Gasteiger partial charge in [0.25, 0.3) is 0 Å². The number of allylic oxidation sites excluding steroid dienone is 1. The van der Waals surface area contributed by atoms with Gasteiger partial charge < -0.3 is 4.74 Å². The van der Waals surface area contributed by atoms with Crippen molar-refractivity contribution in [3.8, 4) is 5.75 Å². The van der Waals surface area contributed by atoms with Crippen LogP contribution in [-0.2, 0) is 11.2 Å². The Morgan fingerprint density at radius 3 is 2.87 bits per heavy atom. The highest BCUT2D eigenvalue weighted by molar-refractivity contribution is 9.11. The second-order valence-corrected chi connectivity index (χ2v) is 4.38. The van der Waals surface area contributed by atoms with Crippen molar-refractivity contribution in [2.45, 2.75) is 19.8 Å². The first-order chi connectivity index (χ1) is 7.08. The van der Waals surface area contributed by atoms with E-state index in [0.29, 0.717) is 5.75 Å². The highest BCUT2D eigenvalue weighted by atomic mass is 79.9. The molecule has 3 heteroatoms. The molecular weight excluding hydrogens is 256 g/mol. The van der Waals surface area contributed by atoms with Gasteiger partial charge in [-0.05, 0) is 35.0 Å². The molecule has 0 atom stereocenters. The fourth-order valence-corrected chi connectivity index (χ4v) is 1.41. The molecule has 0 aliphatic heterocycles. The molecule has 1 rings (SSSR count). The van der Waals surface area contributed by atoms with Crippen molar-refractivity contribution in [1.29, 1.82) is 0 Å². The van der Waals surface area contributed by atoms with Gasteiger partial charge in [0.2, 0.25) is 0 Å². The van der Waals surface area contributed by atoms with Crippen LogP contribution in [0.2, 0.25) is 0 Å². The summed E-state index contributed by atoms with van der Waals surface area (Å²) in [5.74, 6) is 0.303. The SMILES string of the molecule is C=C(Br)CCc1cccc(OC(C)=O)c1. The third kappa shape index (κ3) is 4.79. The number of halogens is 1. The number of carbonyl (C=O) groups excluding carboxylic acids is 1. The molecule has 0 saturated carbocycles. The zero-order valence-electron chi connectivity index (χ0n) is 8.63. The zero-order valence-corrected chi connectivity index (χ0v) is 10.2. The molecule has 15 heavy (non-hydrogen) atoms. The van der Waals surface area contributed by atoms with Crippen LogP contribution in [0.3, 0.4) is 0 Å². The van der Waals surface area contributed by atoms with Gasteiger partial charge in [-0.15, -0.1) is 0 Å². The Kier molecular flexibility index (Phi) is 4.56. The normalized spacial score (nSPS) is 9.73. The standard InChI is InChI=1S/C12H13BrO2/c1-9(13)6-7-11-4-3-5-12(8-11)15-10(2)14/h3-5,8H,1,6-7H2,2H3. The van der Waals surface area contributed by atoms with Gasteiger partial charge >= 0.3 is 5.97 Å². The fourth-order valence-electron chi connectivity index (χ4n) is 1.21. The van der Waals surface area contributed by atoms with Crippen LogP contribution in [0.1, 0.15) is 18.9 Å². The zero-order chi connectivity index (χ0) is 11.3. The lowest BCUT2D eigenvalue weighted by atomic mass is 10.1. The maximum absolute atomic E-state index is 10.7. The molecular formula is C12H13BrO2. The van der Waals surface area contributed by atoms with Crippen LogP contribution >= 0.6 is 15.9 Å². The molecule has 2 nitrogen and oxygen atoms in total. The van der Waals surface area contributed by atoms with Crippen LogP contribution < -0.4 is 4.74 Å². The second kappa shape index (κ2) is 5.71. The van der Waals surface area contributed by atoms with E-state index < -0.39 is 0 Å². The van der Waals surface area contributed by atoms with Gasteiger partial charge in [-0.2, -0.15) is 0 Å². The predicted octanol–water partition coefficient (Wildman–Crippen LogP) is 3.45. The number of ether oxygens (including phenoxy) is 1. The number of hydrogen-bond donors (Lipinski definition) is 0. The van der Waals surface area contributed by atoms with E-state index in [-0.39, 0.29) is 5.97 Å². The molecule has 1 aromatic carbocycles. The molecule has 1 aromatic rings. The summed E-state index contributed by atoms with van der Waals surface area (Å²) in [4.78, 5) is 10.7. The number of aryl methyl sites for hydroxylation is 1. The van der Waals surface area contributed by atoms with Crippen LogP contribution in [0.4, 0.5) is 0 Å². The van der Waals surface area contributed by atoms with Crippen LogP contribution in [0, 0.1) is 0 Å². The molecule has 0 aliphatic rings. The van der Waals surface area contributed by atoms with Crippen molar-refractivity contribution in [3.05, 3.63) is 40.9 Å². The van der Waals surface area contributed by atoms with E-state index in [1.165, 1.54) is 6.92 Å². The summed E-state index contributed by atoms with van der Waals surface area (Å²) in [6.45, 7) is 5.17. The molecule has 0 N–H and O–H groups in total. The summed E-state index contributed by atoms with van der Waals surface area (Å²) in [7, 11) is 0. The smallest absolute Gasteiger partial charge is 0.308 e. The Hall–Kier alpha value is -1.09. The summed E-state index contributed by atoms with van der Waals surface area (Å²) in [6, 6.07) is 7.53. The van der Waals surface area contributed by atoms with Crippen LogP contribution in [-0.4, -0.2) is 5.97 Å². The summed E-state index contributed by atoms with van der Waals surface area (Å²) < 4.78 is 5.96. The Labute approximate surface area is 98.1 Å². The summed E-state index contributed by atoms with van der Waals surface area (Å²) in [6.07, 6.45) is 1.77. The second-order valence-electron chi connectivity index (χ2n) is 3.26. The van der Waals surface area contributed by atoms with E-state index in [1.807, 2.05) is 18.2 Å². The maximum atomic E-state index is 10.7. The van der Waals surface area contributed by atoms with Gasteiger partial charge in [-0.1, -0.05) is 34.6 Å². The van der Waals surface area contributed by atoms with Crippen molar-refractivity contribution in [2.75, 3.05) is 0 Å². The quantitative estimate of drug-likeness (QED) is 0.618. The molecule has 0 amide bonds. The van der Waals surface area contributed by atoms with E-state index in [2.05, 4.69) is 22.5 Å². The molecule has 0 heterocycles. The molecule has 0 spiro atoms. The van der Waals surface area contributed by atoms with Crippen molar-refractivity contribution >= 4 is 21.9 Å². The van der Waals surface area contributed by atoms with Gasteiger partial charge in [-0.25, -0.2) is 0 Å². The first-order valence-corrected chi connectivity index (χ1v) is 5.48. The highest BCUT2D eigenvalue weighted by Crippen LogP contribution is 2.17. The summed E-state index contributed by atoms with van der Waals surface area (Å²) >= 11 is 3.31. The van der Waals surface area contributed by atoms with E-state index >= 15 is 0 Å². The van der Waals surface area contributed by atoms with E-state index in [0.717, 1.165) is 22.9 Å². The third-order valence-electron chi connectivity index (χ3n) is 1.84. The minimum absolute atomic E-state index is 0.294. The van der Waals surface area contributed by atoms with Crippen LogP contribution in [0.25, 0.3) is 0 Å². The number of benzene rings is 1. The molecule has 0 saturated heterocycles. The van der Waals surface area contributed by atoms with Crippen LogP contribution in [0.15, 0.2) is 35.3 Å². The topological polar surface area (TPSA) is 26.3 Å². The van der Waals surface area contributed by atoms with Crippen molar-refractivity contribution in [3.63, 3.8) is 0 Å². The number of rotatable bonds is 4. The van der Waals surface area contributed by atoms with E-state index in [4.69, 9.17) is 4.74 Å². The molecule has 0 bridgehead atoms. The lowest BCUT2D eigenvalue weighted by Gasteiger charge is -2.04. The molecule has 80 valence electrons. The van der Waals surface area contributed by atoms with Gasteiger partial charge in [0, 0.05) is 6.92 Å². The largest absolute Gasteiger partial charge is 0.427 e. The van der Waals surface area contributed by atoms with E-state index in [9.17, 15) is 4.79 Å². The average Bonchev–Trinajstić information content (AvgIpc) is 2.14. The molecule has 0 unspecified atom stereocenters. The number of esters is 1. The summed E-state index contributed by atoms with van der Waals surface area (Å²) in [5, 5.41) is 0. The lowest BCUT2D eigenvalue weighted by Crippen LogP contribution is -2.01. The van der Waals surface area contributed by atoms with Gasteiger partial charge in [0.15, 0.2) is 0 Å². The highest BCUT2D eigenvalue weighted by Gasteiger charge is 2.00. The lowest BCUT2D eigenvalue weighted by molar-refractivity contribution is -0.131. The van der Waals surface area contributed by atoms with Crippen molar-refractivity contribution < 1.29 is 9.53 Å².